The van der Waals surface area contributed by atoms with Crippen LogP contribution in [0.5, 0.6) is 5.88 Å². The van der Waals surface area contributed by atoms with Crippen LogP contribution in [0.4, 0.5) is 0 Å². The van der Waals surface area contributed by atoms with Gasteiger partial charge in [-0.2, -0.15) is 0 Å². The van der Waals surface area contributed by atoms with Crippen LogP contribution in [0.3, 0.4) is 0 Å². The van der Waals surface area contributed by atoms with Crippen LogP contribution in [-0.4, -0.2) is 42.2 Å². The first-order chi connectivity index (χ1) is 12.1. The lowest BCUT2D eigenvalue weighted by Crippen LogP contribution is -2.45. The summed E-state index contributed by atoms with van der Waals surface area (Å²) in [6.45, 7) is 0. The Labute approximate surface area is 145 Å². The number of benzene rings is 1. The van der Waals surface area contributed by atoms with E-state index in [0.29, 0.717) is 17.0 Å². The smallest absolute Gasteiger partial charge is 0.328 e. The number of carbonyl (C=O) groups is 2. The van der Waals surface area contributed by atoms with Gasteiger partial charge in [-0.05, 0) is 11.6 Å². The molecule has 7 nitrogen and oxygen atoms in total. The maximum absolute atomic E-state index is 12.3. The average Bonchev–Trinajstić information content (AvgIpc) is 2.67. The molecule has 0 unspecified atom stereocenters. The number of rotatable bonds is 7. The van der Waals surface area contributed by atoms with Gasteiger partial charge in [-0.1, -0.05) is 36.4 Å². The first-order valence-corrected chi connectivity index (χ1v) is 7.66. The van der Waals surface area contributed by atoms with Crippen LogP contribution in [-0.2, 0) is 20.7 Å². The molecule has 1 heterocycles. The van der Waals surface area contributed by atoms with Gasteiger partial charge in [0.25, 0.3) is 5.91 Å². The van der Waals surface area contributed by atoms with Gasteiger partial charge >= 0.3 is 5.97 Å². The largest absolute Gasteiger partial charge is 0.481 e. The summed E-state index contributed by atoms with van der Waals surface area (Å²) in [7, 11) is 2.70. The topological polar surface area (TPSA) is 97.8 Å². The van der Waals surface area contributed by atoms with E-state index in [1.807, 2.05) is 0 Å². The second-order valence-corrected chi connectivity index (χ2v) is 5.27. The zero-order valence-electron chi connectivity index (χ0n) is 14.0. The second-order valence-electron chi connectivity index (χ2n) is 5.27. The van der Waals surface area contributed by atoms with E-state index in [-0.39, 0.29) is 6.42 Å². The fourth-order valence-electron chi connectivity index (χ4n) is 2.36. The molecule has 1 aromatic carbocycles. The summed E-state index contributed by atoms with van der Waals surface area (Å²) >= 11 is 0. The van der Waals surface area contributed by atoms with Crippen molar-refractivity contribution in [1.82, 2.24) is 10.3 Å². The number of pyridine rings is 1. The number of amides is 1. The Morgan fingerprint density at radius 3 is 2.52 bits per heavy atom. The Morgan fingerprint density at radius 2 is 1.88 bits per heavy atom. The van der Waals surface area contributed by atoms with Crippen molar-refractivity contribution in [3.05, 3.63) is 59.8 Å². The Hall–Kier alpha value is -2.93. The number of nitrogens with zero attached hydrogens (tertiary/aromatic N) is 1. The molecule has 0 spiro atoms. The molecule has 0 saturated carbocycles. The number of hydrogen-bond acceptors (Lipinski definition) is 6. The Kier molecular flexibility index (Phi) is 6.47. The van der Waals surface area contributed by atoms with Crippen molar-refractivity contribution in [1.29, 1.82) is 0 Å². The van der Waals surface area contributed by atoms with Crippen molar-refractivity contribution in [2.75, 3.05) is 14.2 Å². The fourth-order valence-corrected chi connectivity index (χ4v) is 2.36. The summed E-state index contributed by atoms with van der Waals surface area (Å²) in [5.41, 5.74) is 1.07. The first-order valence-electron chi connectivity index (χ1n) is 7.66. The number of aromatic nitrogens is 1. The third-order valence-corrected chi connectivity index (χ3v) is 3.63. The maximum Gasteiger partial charge on any atom is 0.328 e. The summed E-state index contributed by atoms with van der Waals surface area (Å²) in [6, 6.07) is 10.9. The van der Waals surface area contributed by atoms with E-state index in [2.05, 4.69) is 10.3 Å². The number of esters is 1. The molecule has 0 aliphatic carbocycles. The van der Waals surface area contributed by atoms with E-state index in [0.717, 1.165) is 0 Å². The molecule has 2 aromatic rings. The van der Waals surface area contributed by atoms with Crippen molar-refractivity contribution in [3.8, 4) is 5.88 Å². The third-order valence-electron chi connectivity index (χ3n) is 3.63. The number of ether oxygens (including phenoxy) is 2. The number of methoxy groups -OCH3 is 2. The van der Waals surface area contributed by atoms with Crippen LogP contribution in [0.25, 0.3) is 0 Å². The Morgan fingerprint density at radius 1 is 1.16 bits per heavy atom. The van der Waals surface area contributed by atoms with Crippen molar-refractivity contribution >= 4 is 11.9 Å². The lowest BCUT2D eigenvalue weighted by molar-refractivity contribution is -0.146. The van der Waals surface area contributed by atoms with Gasteiger partial charge < -0.3 is 19.9 Å². The van der Waals surface area contributed by atoms with Gasteiger partial charge in [0.1, 0.15) is 6.04 Å². The minimum Gasteiger partial charge on any atom is -0.481 e. The zero-order chi connectivity index (χ0) is 18.2. The Bertz CT molecular complexity index is 720. The van der Waals surface area contributed by atoms with Gasteiger partial charge in [-0.15, -0.1) is 0 Å². The van der Waals surface area contributed by atoms with Crippen LogP contribution < -0.4 is 10.1 Å². The molecule has 0 radical (unpaired) electrons. The van der Waals surface area contributed by atoms with E-state index in [9.17, 15) is 14.7 Å². The second kappa shape index (κ2) is 8.79. The standard InChI is InChI=1S/C18H20N2O5/c1-24-17-13(9-6-10-19-17)11-14(18(23)25-2)20-16(22)15(21)12-7-4-3-5-8-12/h3-10,14-15,21H,11H2,1-2H3,(H,20,22)/t14-,15-/m0/s1. The predicted molar refractivity (Wildman–Crippen MR) is 89.8 cm³/mol. The molecule has 0 bridgehead atoms. The molecule has 0 saturated heterocycles. The highest BCUT2D eigenvalue weighted by atomic mass is 16.5. The fraction of sp³-hybridized carbons (Fsp3) is 0.278. The molecule has 0 fully saturated rings. The van der Waals surface area contributed by atoms with Gasteiger partial charge in [0.2, 0.25) is 5.88 Å². The van der Waals surface area contributed by atoms with Crippen molar-refractivity contribution in [2.45, 2.75) is 18.6 Å². The maximum atomic E-state index is 12.3. The normalized spacial score (nSPS) is 12.8. The summed E-state index contributed by atoms with van der Waals surface area (Å²) in [5.74, 6) is -0.960. The lowest BCUT2D eigenvalue weighted by atomic mass is 10.1. The monoisotopic (exact) mass is 344 g/mol. The van der Waals surface area contributed by atoms with Gasteiger partial charge in [0, 0.05) is 18.2 Å². The van der Waals surface area contributed by atoms with Crippen molar-refractivity contribution < 1.29 is 24.2 Å². The molecule has 1 amide bonds. The zero-order valence-corrected chi connectivity index (χ0v) is 14.0. The average molecular weight is 344 g/mol. The summed E-state index contributed by atoms with van der Waals surface area (Å²) in [5, 5.41) is 12.7. The molecule has 0 aliphatic heterocycles. The lowest BCUT2D eigenvalue weighted by Gasteiger charge is -2.19. The highest BCUT2D eigenvalue weighted by Gasteiger charge is 2.27. The van der Waals surface area contributed by atoms with E-state index >= 15 is 0 Å². The summed E-state index contributed by atoms with van der Waals surface area (Å²) in [6.07, 6.45) is 0.300. The minimum absolute atomic E-state index is 0.122. The van der Waals surface area contributed by atoms with Gasteiger partial charge in [0.15, 0.2) is 6.10 Å². The molecule has 2 N–H and O–H groups in total. The van der Waals surface area contributed by atoms with Crippen LogP contribution in [0, 0.1) is 0 Å². The van der Waals surface area contributed by atoms with Gasteiger partial charge in [-0.25, -0.2) is 9.78 Å². The molecule has 1 aromatic heterocycles. The summed E-state index contributed by atoms with van der Waals surface area (Å²) in [4.78, 5) is 28.4. The van der Waals surface area contributed by atoms with E-state index in [1.165, 1.54) is 14.2 Å². The minimum atomic E-state index is -1.39. The van der Waals surface area contributed by atoms with Crippen LogP contribution in [0.2, 0.25) is 0 Å². The van der Waals surface area contributed by atoms with E-state index in [4.69, 9.17) is 9.47 Å². The molecule has 7 heteroatoms. The molecule has 0 aliphatic rings. The first kappa shape index (κ1) is 18.4. The summed E-state index contributed by atoms with van der Waals surface area (Å²) < 4.78 is 9.90. The van der Waals surface area contributed by atoms with Crippen LogP contribution in [0.15, 0.2) is 48.7 Å². The third kappa shape index (κ3) is 4.77. The SMILES string of the molecule is COC(=O)[C@H](Cc1cccnc1OC)NC(=O)[C@@H](O)c1ccccc1. The van der Waals surface area contributed by atoms with Crippen LogP contribution in [0.1, 0.15) is 17.2 Å². The number of hydrogen-bond donors (Lipinski definition) is 2. The highest BCUT2D eigenvalue weighted by molar-refractivity contribution is 5.87. The van der Waals surface area contributed by atoms with Crippen LogP contribution >= 0.6 is 0 Å². The highest BCUT2D eigenvalue weighted by Crippen LogP contribution is 2.17. The van der Waals surface area contributed by atoms with E-state index in [1.54, 1.807) is 48.7 Å². The van der Waals surface area contributed by atoms with Gasteiger partial charge in [-0.3, -0.25) is 4.79 Å². The number of aliphatic hydroxyl groups excluding tert-OH is 1. The molecule has 2 rings (SSSR count). The number of carbonyl (C=O) groups excluding carboxylic acids is 2. The van der Waals surface area contributed by atoms with Gasteiger partial charge in [0.05, 0.1) is 14.2 Å². The number of nitrogens with one attached hydrogen (secondary N) is 1. The molecular weight excluding hydrogens is 324 g/mol. The van der Waals surface area contributed by atoms with Crippen molar-refractivity contribution in [3.63, 3.8) is 0 Å². The predicted octanol–water partition coefficient (Wildman–Crippen LogP) is 1.02. The quantitative estimate of drug-likeness (QED) is 0.728. The Balaban J connectivity index is 2.15. The molecule has 132 valence electrons. The van der Waals surface area contributed by atoms with E-state index < -0.39 is 24.0 Å². The van der Waals surface area contributed by atoms with Crippen molar-refractivity contribution in [2.24, 2.45) is 0 Å². The molecular formula is C18H20N2O5. The molecule has 25 heavy (non-hydrogen) atoms. The molecule has 2 atom stereocenters. The number of aliphatic hydroxyl groups is 1.